The second-order valence-corrected chi connectivity index (χ2v) is 3.83. The highest BCUT2D eigenvalue weighted by atomic mass is 16.5. The minimum atomic E-state index is 0.428. The average Bonchev–Trinajstić information content (AvgIpc) is 2.85. The fourth-order valence-corrected chi connectivity index (χ4v) is 1.67. The van der Waals surface area contributed by atoms with Crippen LogP contribution in [0.1, 0.15) is 26.1 Å². The first-order valence-electron chi connectivity index (χ1n) is 6.03. The Morgan fingerprint density at radius 2 is 2.11 bits per heavy atom. The molecule has 0 unspecified atom stereocenters. The Hall–Kier alpha value is -2.11. The molecule has 18 heavy (non-hydrogen) atoms. The average molecular weight is 247 g/mol. The molecule has 2 heterocycles. The van der Waals surface area contributed by atoms with Crippen molar-refractivity contribution in [2.45, 2.75) is 26.7 Å². The molecular formula is C12H17N5O. The number of anilines is 1. The summed E-state index contributed by atoms with van der Waals surface area (Å²) in [6.07, 6.45) is 6.73. The van der Waals surface area contributed by atoms with Gasteiger partial charge < -0.3 is 10.5 Å². The largest absolute Gasteiger partial charge is 0.476 e. The number of hydrogen-bond donors (Lipinski definition) is 1. The third kappa shape index (κ3) is 2.27. The van der Waals surface area contributed by atoms with Crippen LogP contribution in [0.3, 0.4) is 0 Å². The van der Waals surface area contributed by atoms with Gasteiger partial charge in [0.15, 0.2) is 5.82 Å². The Labute approximate surface area is 106 Å². The second-order valence-electron chi connectivity index (χ2n) is 3.83. The summed E-state index contributed by atoms with van der Waals surface area (Å²) in [5.41, 5.74) is 6.48. The molecule has 0 aliphatic heterocycles. The van der Waals surface area contributed by atoms with Gasteiger partial charge in [0, 0.05) is 18.8 Å². The third-order valence-corrected chi connectivity index (χ3v) is 2.53. The van der Waals surface area contributed by atoms with Gasteiger partial charge in [-0.3, -0.25) is 4.57 Å². The van der Waals surface area contributed by atoms with E-state index < -0.39 is 0 Å². The van der Waals surface area contributed by atoms with Gasteiger partial charge in [0.2, 0.25) is 5.88 Å². The van der Waals surface area contributed by atoms with Crippen molar-refractivity contribution in [1.29, 1.82) is 0 Å². The summed E-state index contributed by atoms with van der Waals surface area (Å²) in [6, 6.07) is 0. The molecule has 0 amide bonds. The molecule has 2 rings (SSSR count). The zero-order valence-electron chi connectivity index (χ0n) is 10.6. The van der Waals surface area contributed by atoms with Crippen molar-refractivity contribution in [2.75, 3.05) is 12.3 Å². The molecule has 2 aromatic rings. The molecule has 2 N–H and O–H groups in total. The predicted octanol–water partition coefficient (Wildman–Crippen LogP) is 1.60. The van der Waals surface area contributed by atoms with Crippen molar-refractivity contribution in [3.05, 3.63) is 24.5 Å². The number of aryl methyl sites for hydroxylation is 1. The molecule has 2 aromatic heterocycles. The molecule has 96 valence electrons. The van der Waals surface area contributed by atoms with E-state index in [1.54, 1.807) is 6.20 Å². The zero-order chi connectivity index (χ0) is 13.0. The summed E-state index contributed by atoms with van der Waals surface area (Å²) in [7, 11) is 0. The van der Waals surface area contributed by atoms with E-state index in [1.165, 1.54) is 6.33 Å². The highest BCUT2D eigenvalue weighted by Crippen LogP contribution is 2.24. The van der Waals surface area contributed by atoms with E-state index >= 15 is 0 Å². The fourth-order valence-electron chi connectivity index (χ4n) is 1.67. The van der Waals surface area contributed by atoms with Crippen LogP contribution in [0.15, 0.2) is 18.7 Å². The number of rotatable bonds is 5. The topological polar surface area (TPSA) is 78.9 Å². The Kier molecular flexibility index (Phi) is 3.76. The van der Waals surface area contributed by atoms with E-state index in [-0.39, 0.29) is 0 Å². The van der Waals surface area contributed by atoms with Crippen molar-refractivity contribution in [1.82, 2.24) is 19.5 Å². The summed E-state index contributed by atoms with van der Waals surface area (Å²) < 4.78 is 7.35. The summed E-state index contributed by atoms with van der Waals surface area (Å²) in [6.45, 7) is 4.65. The van der Waals surface area contributed by atoms with Crippen molar-refractivity contribution >= 4 is 5.69 Å². The SMILES string of the molecule is CCCOc1ncnc(-n2ccnc2CC)c1N. The van der Waals surface area contributed by atoms with Crippen LogP contribution >= 0.6 is 0 Å². The van der Waals surface area contributed by atoms with Crippen molar-refractivity contribution in [3.8, 4) is 11.7 Å². The van der Waals surface area contributed by atoms with Gasteiger partial charge in [0.05, 0.1) is 6.61 Å². The maximum Gasteiger partial charge on any atom is 0.242 e. The van der Waals surface area contributed by atoms with Crippen molar-refractivity contribution < 1.29 is 4.74 Å². The Bertz CT molecular complexity index is 523. The van der Waals surface area contributed by atoms with Gasteiger partial charge in [0.1, 0.15) is 17.8 Å². The minimum Gasteiger partial charge on any atom is -0.476 e. The highest BCUT2D eigenvalue weighted by molar-refractivity contribution is 5.60. The van der Waals surface area contributed by atoms with E-state index in [0.29, 0.717) is 24.0 Å². The predicted molar refractivity (Wildman–Crippen MR) is 68.7 cm³/mol. The Morgan fingerprint density at radius 1 is 1.28 bits per heavy atom. The molecule has 0 radical (unpaired) electrons. The maximum atomic E-state index is 6.04. The molecule has 0 spiro atoms. The molecule has 0 saturated carbocycles. The lowest BCUT2D eigenvalue weighted by molar-refractivity contribution is 0.306. The lowest BCUT2D eigenvalue weighted by atomic mass is 10.4. The van der Waals surface area contributed by atoms with Crippen LogP contribution < -0.4 is 10.5 Å². The Balaban J connectivity index is 2.39. The maximum absolute atomic E-state index is 6.04. The summed E-state index contributed by atoms with van der Waals surface area (Å²) in [5.74, 6) is 1.95. The number of aromatic nitrogens is 4. The fraction of sp³-hybridized carbons (Fsp3) is 0.417. The molecule has 0 atom stereocenters. The number of nitrogen functional groups attached to an aromatic ring is 1. The quantitative estimate of drug-likeness (QED) is 0.868. The van der Waals surface area contributed by atoms with Crippen LogP contribution in [-0.4, -0.2) is 26.1 Å². The van der Waals surface area contributed by atoms with Crippen LogP contribution in [0, 0.1) is 0 Å². The molecular weight excluding hydrogens is 230 g/mol. The van der Waals surface area contributed by atoms with E-state index in [4.69, 9.17) is 10.5 Å². The molecule has 0 aromatic carbocycles. The van der Waals surface area contributed by atoms with Gasteiger partial charge >= 0.3 is 0 Å². The van der Waals surface area contributed by atoms with Crippen LogP contribution in [0.25, 0.3) is 5.82 Å². The first-order chi connectivity index (χ1) is 8.77. The van der Waals surface area contributed by atoms with Crippen LogP contribution in [0.5, 0.6) is 5.88 Å². The van der Waals surface area contributed by atoms with Crippen molar-refractivity contribution in [2.24, 2.45) is 0 Å². The summed E-state index contributed by atoms with van der Waals surface area (Å²) in [4.78, 5) is 12.5. The van der Waals surface area contributed by atoms with Gasteiger partial charge in [-0.25, -0.2) is 9.97 Å². The van der Waals surface area contributed by atoms with Gasteiger partial charge in [0.25, 0.3) is 0 Å². The number of ether oxygens (including phenoxy) is 1. The standard InChI is InChI=1S/C12H17N5O/c1-3-7-18-12-10(13)11(15-8-16-12)17-6-5-14-9(17)4-2/h5-6,8H,3-4,7,13H2,1-2H3. The van der Waals surface area contributed by atoms with Crippen LogP contribution in [0.4, 0.5) is 5.69 Å². The highest BCUT2D eigenvalue weighted by Gasteiger charge is 2.13. The van der Waals surface area contributed by atoms with E-state index in [1.807, 2.05) is 24.6 Å². The van der Waals surface area contributed by atoms with Crippen LogP contribution in [-0.2, 0) is 6.42 Å². The molecule has 0 aliphatic carbocycles. The van der Waals surface area contributed by atoms with Gasteiger partial charge in [-0.2, -0.15) is 4.98 Å². The number of nitrogens with two attached hydrogens (primary N) is 1. The molecule has 6 heteroatoms. The third-order valence-electron chi connectivity index (χ3n) is 2.53. The summed E-state index contributed by atoms with van der Waals surface area (Å²) in [5, 5.41) is 0. The van der Waals surface area contributed by atoms with E-state index in [9.17, 15) is 0 Å². The van der Waals surface area contributed by atoms with Gasteiger partial charge in [-0.1, -0.05) is 13.8 Å². The van der Waals surface area contributed by atoms with Crippen molar-refractivity contribution in [3.63, 3.8) is 0 Å². The first-order valence-corrected chi connectivity index (χ1v) is 6.03. The molecule has 0 fully saturated rings. The molecule has 0 aliphatic rings. The zero-order valence-corrected chi connectivity index (χ0v) is 10.6. The van der Waals surface area contributed by atoms with Gasteiger partial charge in [-0.15, -0.1) is 0 Å². The molecule has 0 saturated heterocycles. The van der Waals surface area contributed by atoms with E-state index in [2.05, 4.69) is 15.0 Å². The molecule has 0 bridgehead atoms. The molecule has 6 nitrogen and oxygen atoms in total. The lowest BCUT2D eigenvalue weighted by Gasteiger charge is -2.11. The minimum absolute atomic E-state index is 0.428. The number of nitrogens with zero attached hydrogens (tertiary/aromatic N) is 4. The van der Waals surface area contributed by atoms with E-state index in [0.717, 1.165) is 18.7 Å². The van der Waals surface area contributed by atoms with Gasteiger partial charge in [-0.05, 0) is 6.42 Å². The first kappa shape index (κ1) is 12.3. The van der Waals surface area contributed by atoms with Crippen LogP contribution in [0.2, 0.25) is 0 Å². The normalized spacial score (nSPS) is 10.6. The lowest BCUT2D eigenvalue weighted by Crippen LogP contribution is -2.09. The number of hydrogen-bond acceptors (Lipinski definition) is 5. The Morgan fingerprint density at radius 3 is 2.83 bits per heavy atom. The monoisotopic (exact) mass is 247 g/mol. The smallest absolute Gasteiger partial charge is 0.242 e. The summed E-state index contributed by atoms with van der Waals surface area (Å²) >= 11 is 0. The number of imidazole rings is 1. The second kappa shape index (κ2) is 5.48.